The van der Waals surface area contributed by atoms with Crippen LogP contribution in [0.5, 0.6) is 0 Å². The van der Waals surface area contributed by atoms with Crippen molar-refractivity contribution in [1.82, 2.24) is 19.4 Å². The molecule has 2 fully saturated rings. The second-order valence-electron chi connectivity index (χ2n) is 6.38. The molecule has 3 heterocycles. The fraction of sp³-hybridized carbons (Fsp3) is 0.733. The number of amides is 2. The zero-order chi connectivity index (χ0) is 16.4. The van der Waals surface area contributed by atoms with Crippen molar-refractivity contribution in [2.75, 3.05) is 26.2 Å². The van der Waals surface area contributed by atoms with E-state index in [1.807, 2.05) is 4.90 Å². The van der Waals surface area contributed by atoms with Crippen LogP contribution in [0.25, 0.3) is 0 Å². The quantitative estimate of drug-likeness (QED) is 0.845. The van der Waals surface area contributed by atoms with Crippen LogP contribution in [0.15, 0.2) is 0 Å². The summed E-state index contributed by atoms with van der Waals surface area (Å²) in [7, 11) is 0. The van der Waals surface area contributed by atoms with Crippen LogP contribution in [-0.4, -0.2) is 63.4 Å². The number of rotatable bonds is 5. The van der Waals surface area contributed by atoms with Crippen LogP contribution >= 0.6 is 11.5 Å². The van der Waals surface area contributed by atoms with E-state index in [1.165, 1.54) is 11.5 Å². The van der Waals surface area contributed by atoms with Gasteiger partial charge in [0.1, 0.15) is 4.88 Å². The number of aromatic nitrogens is 2. The highest BCUT2D eigenvalue weighted by Crippen LogP contribution is 2.25. The van der Waals surface area contributed by atoms with Gasteiger partial charge in [0.05, 0.1) is 5.69 Å². The van der Waals surface area contributed by atoms with Crippen molar-refractivity contribution < 1.29 is 9.59 Å². The summed E-state index contributed by atoms with van der Waals surface area (Å²) in [6.07, 6.45) is 3.43. The molecule has 0 bridgehead atoms. The predicted molar refractivity (Wildman–Crippen MR) is 87.1 cm³/mol. The molecule has 0 unspecified atom stereocenters. The van der Waals surface area contributed by atoms with E-state index in [-0.39, 0.29) is 17.7 Å². The predicted octanol–water partition coefficient (Wildman–Crippen LogP) is 0.512. The molecule has 0 saturated carbocycles. The van der Waals surface area contributed by atoms with Gasteiger partial charge in [-0.2, -0.15) is 0 Å². The second kappa shape index (κ2) is 6.92. The Morgan fingerprint density at radius 2 is 2.00 bits per heavy atom. The molecule has 7 nitrogen and oxygen atoms in total. The van der Waals surface area contributed by atoms with Gasteiger partial charge in [-0.3, -0.25) is 14.5 Å². The summed E-state index contributed by atoms with van der Waals surface area (Å²) in [5.41, 5.74) is 6.20. The second-order valence-corrected chi connectivity index (χ2v) is 7.13. The van der Waals surface area contributed by atoms with E-state index < -0.39 is 0 Å². The van der Waals surface area contributed by atoms with Crippen LogP contribution in [0.4, 0.5) is 0 Å². The Kier molecular flexibility index (Phi) is 4.91. The lowest BCUT2D eigenvalue weighted by molar-refractivity contribution is -0.123. The maximum atomic E-state index is 12.5. The number of hydrogen-bond acceptors (Lipinski definition) is 6. The first-order chi connectivity index (χ1) is 11.1. The normalized spacial score (nSPS) is 20.5. The molecular formula is C15H23N5O2S. The van der Waals surface area contributed by atoms with E-state index in [0.717, 1.165) is 57.6 Å². The number of piperidine rings is 1. The highest BCUT2D eigenvalue weighted by atomic mass is 32.1. The van der Waals surface area contributed by atoms with Crippen molar-refractivity contribution in [3.63, 3.8) is 0 Å². The van der Waals surface area contributed by atoms with Crippen LogP contribution in [0, 0.1) is 5.92 Å². The Balaban J connectivity index is 1.50. The van der Waals surface area contributed by atoms with Crippen molar-refractivity contribution in [3.05, 3.63) is 10.6 Å². The van der Waals surface area contributed by atoms with Gasteiger partial charge in [-0.05, 0) is 43.9 Å². The van der Waals surface area contributed by atoms with Gasteiger partial charge < -0.3 is 10.6 Å². The molecular weight excluding hydrogens is 314 g/mol. The molecule has 2 aliphatic rings. The maximum absolute atomic E-state index is 12.5. The lowest BCUT2D eigenvalue weighted by Crippen LogP contribution is -2.62. The summed E-state index contributed by atoms with van der Waals surface area (Å²) in [5.74, 6) is -0.105. The summed E-state index contributed by atoms with van der Waals surface area (Å²) < 4.78 is 3.93. The molecule has 126 valence electrons. The summed E-state index contributed by atoms with van der Waals surface area (Å²) in [5, 5.41) is 4.07. The fourth-order valence-electron chi connectivity index (χ4n) is 3.32. The Hall–Kier alpha value is -1.54. The van der Waals surface area contributed by atoms with Gasteiger partial charge in [0.15, 0.2) is 0 Å². The number of carbonyl (C=O) groups excluding carboxylic acids is 2. The minimum absolute atomic E-state index is 0.0175. The maximum Gasteiger partial charge on any atom is 0.267 e. The van der Waals surface area contributed by atoms with Crippen LogP contribution < -0.4 is 5.73 Å². The van der Waals surface area contributed by atoms with Crippen molar-refractivity contribution in [1.29, 1.82) is 0 Å². The number of primary amides is 1. The van der Waals surface area contributed by atoms with Crippen LogP contribution in [0.2, 0.25) is 0 Å². The molecule has 0 aromatic carbocycles. The average Bonchev–Trinajstić information content (AvgIpc) is 2.95. The third-order valence-electron chi connectivity index (χ3n) is 4.83. The first-order valence-electron chi connectivity index (χ1n) is 8.24. The molecule has 0 radical (unpaired) electrons. The van der Waals surface area contributed by atoms with E-state index in [0.29, 0.717) is 10.9 Å². The zero-order valence-electron chi connectivity index (χ0n) is 13.4. The van der Waals surface area contributed by atoms with E-state index in [2.05, 4.69) is 21.4 Å². The number of aryl methyl sites for hydroxylation is 1. The third-order valence-corrected chi connectivity index (χ3v) is 5.59. The molecule has 2 aliphatic heterocycles. The average molecular weight is 337 g/mol. The molecule has 3 rings (SSSR count). The van der Waals surface area contributed by atoms with Gasteiger partial charge in [0.25, 0.3) is 5.91 Å². The topological polar surface area (TPSA) is 92.4 Å². The standard InChI is InChI=1S/C15H23N5O2S/c1-2-3-12-13(23-18-17-12)15(22)20-8-11(9-20)19-6-4-10(5-7-19)14(16)21/h10-11H,2-9H2,1H3,(H2,16,21). The lowest BCUT2D eigenvalue weighted by Gasteiger charge is -2.47. The highest BCUT2D eigenvalue weighted by Gasteiger charge is 2.38. The van der Waals surface area contributed by atoms with Crippen LogP contribution in [0.3, 0.4) is 0 Å². The van der Waals surface area contributed by atoms with Crippen molar-refractivity contribution in [2.24, 2.45) is 11.7 Å². The van der Waals surface area contributed by atoms with E-state index in [4.69, 9.17) is 5.73 Å². The van der Waals surface area contributed by atoms with Crippen molar-refractivity contribution in [3.8, 4) is 0 Å². The SMILES string of the molecule is CCCc1nnsc1C(=O)N1CC(N2CCC(C(N)=O)CC2)C1. The van der Waals surface area contributed by atoms with Gasteiger partial charge in [0, 0.05) is 25.0 Å². The van der Waals surface area contributed by atoms with Gasteiger partial charge in [-0.1, -0.05) is 17.8 Å². The fourth-order valence-corrected chi connectivity index (χ4v) is 3.99. The van der Waals surface area contributed by atoms with E-state index in [1.54, 1.807) is 0 Å². The molecule has 2 amide bonds. The summed E-state index contributed by atoms with van der Waals surface area (Å²) in [6, 6.07) is 0.406. The first-order valence-corrected chi connectivity index (χ1v) is 9.01. The Labute approximate surface area is 140 Å². The molecule has 2 saturated heterocycles. The zero-order valence-corrected chi connectivity index (χ0v) is 14.2. The first kappa shape index (κ1) is 16.3. The van der Waals surface area contributed by atoms with Gasteiger partial charge in [-0.15, -0.1) is 5.10 Å². The van der Waals surface area contributed by atoms with Crippen molar-refractivity contribution >= 4 is 23.3 Å². The Morgan fingerprint density at radius 3 is 2.61 bits per heavy atom. The van der Waals surface area contributed by atoms with E-state index >= 15 is 0 Å². The highest BCUT2D eigenvalue weighted by molar-refractivity contribution is 7.08. The third kappa shape index (κ3) is 3.37. The molecule has 2 N–H and O–H groups in total. The van der Waals surface area contributed by atoms with Crippen molar-refractivity contribution in [2.45, 2.75) is 38.6 Å². The smallest absolute Gasteiger partial charge is 0.267 e. The van der Waals surface area contributed by atoms with Crippen LogP contribution in [-0.2, 0) is 11.2 Å². The molecule has 1 aromatic heterocycles. The molecule has 23 heavy (non-hydrogen) atoms. The van der Waals surface area contributed by atoms with Crippen LogP contribution in [0.1, 0.15) is 41.6 Å². The Bertz CT molecular complexity index is 576. The minimum atomic E-state index is -0.184. The molecule has 1 aromatic rings. The molecule has 0 atom stereocenters. The number of hydrogen-bond donors (Lipinski definition) is 1. The lowest BCUT2D eigenvalue weighted by atomic mass is 9.93. The number of nitrogens with two attached hydrogens (primary N) is 1. The van der Waals surface area contributed by atoms with Gasteiger partial charge in [-0.25, -0.2) is 0 Å². The Morgan fingerprint density at radius 1 is 1.30 bits per heavy atom. The summed E-state index contributed by atoms with van der Waals surface area (Å²) >= 11 is 1.20. The minimum Gasteiger partial charge on any atom is -0.369 e. The number of nitrogens with zero attached hydrogens (tertiary/aromatic N) is 4. The molecule has 0 aliphatic carbocycles. The number of carbonyl (C=O) groups is 2. The summed E-state index contributed by atoms with van der Waals surface area (Å²) in [6.45, 7) is 5.36. The number of likely N-dealkylation sites (tertiary alicyclic amines) is 2. The largest absolute Gasteiger partial charge is 0.369 e. The van der Waals surface area contributed by atoms with E-state index in [9.17, 15) is 9.59 Å². The van der Waals surface area contributed by atoms with Gasteiger partial charge in [0.2, 0.25) is 5.91 Å². The summed E-state index contributed by atoms with van der Waals surface area (Å²) in [4.78, 5) is 28.7. The molecule has 0 spiro atoms. The monoisotopic (exact) mass is 337 g/mol. The molecule has 8 heteroatoms. The van der Waals surface area contributed by atoms with Gasteiger partial charge >= 0.3 is 0 Å².